The van der Waals surface area contributed by atoms with E-state index >= 15 is 0 Å². The summed E-state index contributed by atoms with van der Waals surface area (Å²) in [5.41, 5.74) is 0. The predicted molar refractivity (Wildman–Crippen MR) is 43.5 cm³/mol. The summed E-state index contributed by atoms with van der Waals surface area (Å²) in [5, 5.41) is 12.4. The van der Waals surface area contributed by atoms with E-state index < -0.39 is 15.9 Å². The van der Waals surface area contributed by atoms with Crippen molar-refractivity contribution in [1.29, 1.82) is 0 Å². The van der Waals surface area contributed by atoms with Gasteiger partial charge in [-0.05, 0) is 6.92 Å². The van der Waals surface area contributed by atoms with Crippen LogP contribution in [-0.4, -0.2) is 29.9 Å². The first kappa shape index (κ1) is 10.1. The zero-order chi connectivity index (χ0) is 10.1. The van der Waals surface area contributed by atoms with Crippen LogP contribution in [0, 0.1) is 0 Å². The molecule has 1 atom stereocenters. The molecule has 7 heteroatoms. The highest BCUT2D eigenvalue weighted by Gasteiger charge is 2.14. The van der Waals surface area contributed by atoms with Gasteiger partial charge in [-0.2, -0.15) is 4.98 Å². The number of hydrogen-bond donors (Lipinski definition) is 1. The van der Waals surface area contributed by atoms with Crippen LogP contribution < -0.4 is 0 Å². The molecule has 0 bridgehead atoms. The lowest BCUT2D eigenvalue weighted by molar-refractivity contribution is 0.184. The Bertz CT molecular complexity index is 381. The Labute approximate surface area is 75.5 Å². The first-order valence-electron chi connectivity index (χ1n) is 3.57. The lowest BCUT2D eigenvalue weighted by atomic mass is 10.4. The number of hydrogen-bond acceptors (Lipinski definition) is 6. The van der Waals surface area contributed by atoms with E-state index in [2.05, 4.69) is 14.7 Å². The molecule has 1 aromatic heterocycles. The number of aromatic nitrogens is 2. The summed E-state index contributed by atoms with van der Waals surface area (Å²) < 4.78 is 26.2. The van der Waals surface area contributed by atoms with Crippen molar-refractivity contribution in [2.45, 2.75) is 18.8 Å². The molecule has 0 radical (unpaired) electrons. The minimum Gasteiger partial charge on any atom is -0.385 e. The van der Waals surface area contributed by atoms with Crippen LogP contribution in [0.15, 0.2) is 4.52 Å². The zero-order valence-electron chi connectivity index (χ0n) is 7.26. The summed E-state index contributed by atoms with van der Waals surface area (Å²) in [6.45, 7) is 1.47. The fourth-order valence-electron chi connectivity index (χ4n) is 0.721. The molecule has 0 fully saturated rings. The number of nitrogens with zero attached hydrogens (tertiary/aromatic N) is 2. The minimum atomic E-state index is -3.17. The molecule has 0 aliphatic rings. The maximum Gasteiger partial charge on any atom is 0.241 e. The molecule has 74 valence electrons. The van der Waals surface area contributed by atoms with Gasteiger partial charge in [-0.1, -0.05) is 5.16 Å². The Morgan fingerprint density at radius 1 is 1.62 bits per heavy atom. The highest BCUT2D eigenvalue weighted by molar-refractivity contribution is 7.89. The second-order valence-corrected chi connectivity index (χ2v) is 4.93. The van der Waals surface area contributed by atoms with Gasteiger partial charge in [0.1, 0.15) is 11.9 Å². The molecule has 1 N–H and O–H groups in total. The average Bonchev–Trinajstić information content (AvgIpc) is 2.31. The van der Waals surface area contributed by atoms with E-state index in [1.807, 2.05) is 0 Å². The van der Waals surface area contributed by atoms with Crippen LogP contribution >= 0.6 is 0 Å². The third kappa shape index (κ3) is 3.11. The Hall–Kier alpha value is -0.950. The van der Waals surface area contributed by atoms with Crippen molar-refractivity contribution >= 4 is 9.84 Å². The van der Waals surface area contributed by atoms with Gasteiger partial charge in [-0.15, -0.1) is 0 Å². The summed E-state index contributed by atoms with van der Waals surface area (Å²) in [4.78, 5) is 3.69. The molecule has 0 saturated heterocycles. The van der Waals surface area contributed by atoms with Crippen molar-refractivity contribution in [1.82, 2.24) is 10.1 Å². The van der Waals surface area contributed by atoms with E-state index in [1.54, 1.807) is 0 Å². The van der Waals surface area contributed by atoms with E-state index in [0.717, 1.165) is 6.26 Å². The van der Waals surface area contributed by atoms with Gasteiger partial charge < -0.3 is 9.63 Å². The second-order valence-electron chi connectivity index (χ2n) is 2.79. The van der Waals surface area contributed by atoms with Gasteiger partial charge >= 0.3 is 0 Å². The molecule has 0 saturated carbocycles. The molecule has 0 aliphatic carbocycles. The van der Waals surface area contributed by atoms with E-state index in [1.165, 1.54) is 6.92 Å². The predicted octanol–water partition coefficient (Wildman–Crippen LogP) is -0.333. The van der Waals surface area contributed by atoms with Gasteiger partial charge in [0.2, 0.25) is 5.89 Å². The number of aliphatic hydroxyl groups is 1. The van der Waals surface area contributed by atoms with Gasteiger partial charge in [-0.3, -0.25) is 0 Å². The van der Waals surface area contributed by atoms with Crippen LogP contribution in [0.5, 0.6) is 0 Å². The van der Waals surface area contributed by atoms with Crippen LogP contribution in [0.1, 0.15) is 24.7 Å². The van der Waals surface area contributed by atoms with Gasteiger partial charge in [0.05, 0.1) is 0 Å². The molecule has 0 aromatic carbocycles. The summed E-state index contributed by atoms with van der Waals surface area (Å²) in [6, 6.07) is 0. The molecule has 1 heterocycles. The van der Waals surface area contributed by atoms with Crippen molar-refractivity contribution in [2.24, 2.45) is 0 Å². The zero-order valence-corrected chi connectivity index (χ0v) is 8.08. The SMILES string of the molecule is CC(O)c1noc(CS(C)(=O)=O)n1. The van der Waals surface area contributed by atoms with Crippen LogP contribution in [0.3, 0.4) is 0 Å². The van der Waals surface area contributed by atoms with Gasteiger partial charge in [-0.25, -0.2) is 8.42 Å². The number of aliphatic hydroxyl groups excluding tert-OH is 1. The third-order valence-electron chi connectivity index (χ3n) is 1.24. The minimum absolute atomic E-state index is 0.00148. The summed E-state index contributed by atoms with van der Waals surface area (Å²) in [7, 11) is -3.17. The first-order chi connectivity index (χ1) is 5.88. The highest BCUT2D eigenvalue weighted by Crippen LogP contribution is 2.08. The van der Waals surface area contributed by atoms with E-state index in [9.17, 15) is 8.42 Å². The third-order valence-corrected chi connectivity index (χ3v) is 2.01. The Balaban J connectivity index is 2.81. The van der Waals surface area contributed by atoms with Crippen molar-refractivity contribution in [3.05, 3.63) is 11.7 Å². The average molecular weight is 206 g/mol. The van der Waals surface area contributed by atoms with Crippen LogP contribution in [0.4, 0.5) is 0 Å². The highest BCUT2D eigenvalue weighted by atomic mass is 32.2. The lowest BCUT2D eigenvalue weighted by Gasteiger charge is -1.92. The smallest absolute Gasteiger partial charge is 0.241 e. The monoisotopic (exact) mass is 206 g/mol. The molecule has 6 nitrogen and oxygen atoms in total. The van der Waals surface area contributed by atoms with E-state index in [4.69, 9.17) is 5.11 Å². The summed E-state index contributed by atoms with van der Waals surface area (Å²) in [5.74, 6) is -0.204. The maximum absolute atomic E-state index is 10.8. The van der Waals surface area contributed by atoms with Crippen LogP contribution in [-0.2, 0) is 15.6 Å². The molecule has 1 unspecified atom stereocenters. The van der Waals surface area contributed by atoms with Crippen molar-refractivity contribution in [3.63, 3.8) is 0 Å². The Morgan fingerprint density at radius 3 is 2.62 bits per heavy atom. The fourth-order valence-corrected chi connectivity index (χ4v) is 1.29. The van der Waals surface area contributed by atoms with Crippen LogP contribution in [0.2, 0.25) is 0 Å². The topological polar surface area (TPSA) is 93.3 Å². The molecule has 1 rings (SSSR count). The van der Waals surface area contributed by atoms with E-state index in [0.29, 0.717) is 0 Å². The Morgan fingerprint density at radius 2 is 2.23 bits per heavy atom. The van der Waals surface area contributed by atoms with Gasteiger partial charge in [0, 0.05) is 6.26 Å². The molecule has 13 heavy (non-hydrogen) atoms. The number of rotatable bonds is 3. The maximum atomic E-state index is 10.8. The Kier molecular flexibility index (Phi) is 2.67. The standard InChI is InChI=1S/C6H10N2O4S/c1-4(9)6-7-5(12-8-6)3-13(2,10)11/h4,9H,3H2,1-2H3. The fraction of sp³-hybridized carbons (Fsp3) is 0.667. The molecular weight excluding hydrogens is 196 g/mol. The van der Waals surface area contributed by atoms with Crippen LogP contribution in [0.25, 0.3) is 0 Å². The largest absolute Gasteiger partial charge is 0.385 e. The molecule has 0 amide bonds. The van der Waals surface area contributed by atoms with Gasteiger partial charge in [0.15, 0.2) is 15.7 Å². The summed E-state index contributed by atoms with van der Waals surface area (Å²) in [6.07, 6.45) is 0.219. The van der Waals surface area contributed by atoms with E-state index in [-0.39, 0.29) is 17.5 Å². The lowest BCUT2D eigenvalue weighted by Crippen LogP contribution is -2.01. The second kappa shape index (κ2) is 3.43. The number of sulfone groups is 1. The molecule has 1 aromatic rings. The van der Waals surface area contributed by atoms with Gasteiger partial charge in [0.25, 0.3) is 0 Å². The van der Waals surface area contributed by atoms with Crippen molar-refractivity contribution in [2.75, 3.05) is 6.26 Å². The normalized spacial score (nSPS) is 14.4. The molecule has 0 spiro atoms. The van der Waals surface area contributed by atoms with Crippen molar-refractivity contribution < 1.29 is 18.0 Å². The molecular formula is C6H10N2O4S. The quantitative estimate of drug-likeness (QED) is 0.727. The van der Waals surface area contributed by atoms with Crippen molar-refractivity contribution in [3.8, 4) is 0 Å². The summed E-state index contributed by atoms with van der Waals surface area (Å²) >= 11 is 0. The molecule has 0 aliphatic heterocycles. The first-order valence-corrected chi connectivity index (χ1v) is 5.63.